The van der Waals surface area contributed by atoms with Crippen LogP contribution in [0.2, 0.25) is 0 Å². The molecule has 2 rings (SSSR count). The van der Waals surface area contributed by atoms with Gasteiger partial charge in [0, 0.05) is 11.6 Å². The van der Waals surface area contributed by atoms with Crippen LogP contribution in [0.3, 0.4) is 0 Å². The maximum absolute atomic E-state index is 13.8. The Morgan fingerprint density at radius 2 is 1.88 bits per heavy atom. The average Bonchev–Trinajstić information content (AvgIpc) is 2.33. The van der Waals surface area contributed by atoms with Crippen LogP contribution in [0.25, 0.3) is 11.3 Å². The molecule has 82 valence electrons. The van der Waals surface area contributed by atoms with E-state index >= 15 is 0 Å². The third kappa shape index (κ3) is 1.89. The van der Waals surface area contributed by atoms with Gasteiger partial charge in [-0.3, -0.25) is 0 Å². The van der Waals surface area contributed by atoms with Gasteiger partial charge in [0.05, 0.1) is 12.8 Å². The van der Waals surface area contributed by atoms with E-state index in [1.807, 2.05) is 6.07 Å². The summed E-state index contributed by atoms with van der Waals surface area (Å²) in [6.07, 6.45) is 0. The number of methoxy groups -OCH3 is 1. The minimum Gasteiger partial charge on any atom is -0.481 e. The fourth-order valence-electron chi connectivity index (χ4n) is 1.52. The molecule has 3 heteroatoms. The molecule has 0 unspecified atom stereocenters. The van der Waals surface area contributed by atoms with Gasteiger partial charge < -0.3 is 4.74 Å². The van der Waals surface area contributed by atoms with E-state index in [0.717, 1.165) is 0 Å². The van der Waals surface area contributed by atoms with Crippen molar-refractivity contribution in [3.05, 3.63) is 47.8 Å². The van der Waals surface area contributed by atoms with E-state index in [1.54, 1.807) is 44.4 Å². The van der Waals surface area contributed by atoms with Crippen LogP contribution >= 0.6 is 0 Å². The molecule has 0 aliphatic heterocycles. The highest BCUT2D eigenvalue weighted by atomic mass is 19.1. The number of aryl methyl sites for hydroxylation is 1. The summed E-state index contributed by atoms with van der Waals surface area (Å²) in [5, 5.41) is 0. The predicted octanol–water partition coefficient (Wildman–Crippen LogP) is 3.20. The molecular formula is C13H12FNO. The van der Waals surface area contributed by atoms with E-state index in [1.165, 1.54) is 0 Å². The third-order valence-electron chi connectivity index (χ3n) is 2.40. The Balaban J connectivity index is 2.54. The van der Waals surface area contributed by atoms with Crippen molar-refractivity contribution >= 4 is 0 Å². The van der Waals surface area contributed by atoms with E-state index < -0.39 is 0 Å². The highest BCUT2D eigenvalue weighted by Gasteiger charge is 2.08. The first kappa shape index (κ1) is 10.6. The van der Waals surface area contributed by atoms with Crippen molar-refractivity contribution in [1.29, 1.82) is 0 Å². The van der Waals surface area contributed by atoms with Crippen LogP contribution in [0.4, 0.5) is 4.39 Å². The second kappa shape index (κ2) is 4.31. The molecule has 0 saturated heterocycles. The molecule has 0 aliphatic carbocycles. The Morgan fingerprint density at radius 3 is 2.62 bits per heavy atom. The van der Waals surface area contributed by atoms with Gasteiger partial charge in [-0.05, 0) is 24.6 Å². The zero-order chi connectivity index (χ0) is 11.5. The quantitative estimate of drug-likeness (QED) is 0.770. The first-order valence-electron chi connectivity index (χ1n) is 4.99. The Morgan fingerprint density at radius 1 is 1.12 bits per heavy atom. The highest BCUT2D eigenvalue weighted by Crippen LogP contribution is 2.24. The van der Waals surface area contributed by atoms with Crippen molar-refractivity contribution in [3.63, 3.8) is 0 Å². The summed E-state index contributed by atoms with van der Waals surface area (Å²) in [6.45, 7) is 1.74. The Hall–Kier alpha value is -1.90. The summed E-state index contributed by atoms with van der Waals surface area (Å²) >= 11 is 0. The van der Waals surface area contributed by atoms with Crippen LogP contribution in [-0.4, -0.2) is 12.1 Å². The van der Waals surface area contributed by atoms with Crippen LogP contribution in [0.1, 0.15) is 5.56 Å². The molecular weight excluding hydrogens is 205 g/mol. The summed E-state index contributed by atoms with van der Waals surface area (Å²) in [5.41, 5.74) is 1.70. The number of nitrogens with zero attached hydrogens (tertiary/aromatic N) is 1. The van der Waals surface area contributed by atoms with E-state index in [4.69, 9.17) is 4.74 Å². The summed E-state index contributed by atoms with van der Waals surface area (Å²) in [7, 11) is 1.54. The standard InChI is InChI=1S/C13H12FNO/c1-9-5-3-6-10(13(9)14)11-7-4-8-12(15-11)16-2/h3-8H,1-2H3. The van der Waals surface area contributed by atoms with Gasteiger partial charge >= 0.3 is 0 Å². The van der Waals surface area contributed by atoms with Gasteiger partial charge in [-0.25, -0.2) is 9.37 Å². The van der Waals surface area contributed by atoms with Gasteiger partial charge in [-0.15, -0.1) is 0 Å². The maximum atomic E-state index is 13.8. The van der Waals surface area contributed by atoms with Gasteiger partial charge in [-0.2, -0.15) is 0 Å². The zero-order valence-electron chi connectivity index (χ0n) is 9.20. The normalized spacial score (nSPS) is 10.2. The molecule has 2 nitrogen and oxygen atoms in total. The molecule has 0 radical (unpaired) electrons. The van der Waals surface area contributed by atoms with Crippen LogP contribution < -0.4 is 4.74 Å². The summed E-state index contributed by atoms with van der Waals surface area (Å²) in [4.78, 5) is 4.20. The molecule has 0 amide bonds. The molecule has 0 spiro atoms. The predicted molar refractivity (Wildman–Crippen MR) is 60.9 cm³/mol. The van der Waals surface area contributed by atoms with Gasteiger partial charge in [0.1, 0.15) is 5.82 Å². The van der Waals surface area contributed by atoms with Gasteiger partial charge in [-0.1, -0.05) is 18.2 Å². The minimum atomic E-state index is -0.233. The van der Waals surface area contributed by atoms with Gasteiger partial charge in [0.2, 0.25) is 5.88 Å². The van der Waals surface area contributed by atoms with Crippen molar-refractivity contribution in [2.75, 3.05) is 7.11 Å². The SMILES string of the molecule is COc1cccc(-c2cccc(C)c2F)n1. The fraction of sp³-hybridized carbons (Fsp3) is 0.154. The summed E-state index contributed by atoms with van der Waals surface area (Å²) in [5.74, 6) is 0.252. The van der Waals surface area contributed by atoms with E-state index in [9.17, 15) is 4.39 Å². The third-order valence-corrected chi connectivity index (χ3v) is 2.40. The highest BCUT2D eigenvalue weighted by molar-refractivity contribution is 5.61. The van der Waals surface area contributed by atoms with Crippen molar-refractivity contribution < 1.29 is 9.13 Å². The minimum absolute atomic E-state index is 0.233. The second-order valence-electron chi connectivity index (χ2n) is 3.50. The molecule has 0 aliphatic rings. The Kier molecular flexibility index (Phi) is 2.86. The molecule has 16 heavy (non-hydrogen) atoms. The van der Waals surface area contributed by atoms with E-state index in [-0.39, 0.29) is 5.82 Å². The molecule has 1 heterocycles. The smallest absolute Gasteiger partial charge is 0.213 e. The number of hydrogen-bond donors (Lipinski definition) is 0. The number of halogens is 1. The summed E-state index contributed by atoms with van der Waals surface area (Å²) < 4.78 is 18.9. The van der Waals surface area contributed by atoms with Crippen LogP contribution in [0, 0.1) is 12.7 Å². The molecule has 2 aromatic rings. The lowest BCUT2D eigenvalue weighted by Crippen LogP contribution is -1.93. The Bertz CT molecular complexity index is 511. The van der Waals surface area contributed by atoms with Crippen molar-refractivity contribution in [2.45, 2.75) is 6.92 Å². The lowest BCUT2D eigenvalue weighted by atomic mass is 10.1. The average molecular weight is 217 g/mol. The largest absolute Gasteiger partial charge is 0.481 e. The Labute approximate surface area is 93.7 Å². The number of aromatic nitrogens is 1. The topological polar surface area (TPSA) is 22.1 Å². The molecule has 1 aromatic heterocycles. The summed E-state index contributed by atoms with van der Waals surface area (Å²) in [6, 6.07) is 10.6. The number of pyridine rings is 1. The number of ether oxygens (including phenoxy) is 1. The van der Waals surface area contributed by atoms with E-state index in [2.05, 4.69) is 4.98 Å². The first-order chi connectivity index (χ1) is 7.72. The van der Waals surface area contributed by atoms with Crippen LogP contribution in [0.15, 0.2) is 36.4 Å². The number of benzene rings is 1. The van der Waals surface area contributed by atoms with Crippen molar-refractivity contribution in [1.82, 2.24) is 4.98 Å². The molecule has 0 N–H and O–H groups in total. The lowest BCUT2D eigenvalue weighted by Gasteiger charge is -2.06. The van der Waals surface area contributed by atoms with E-state index in [0.29, 0.717) is 22.7 Å². The lowest BCUT2D eigenvalue weighted by molar-refractivity contribution is 0.398. The number of hydrogen-bond acceptors (Lipinski definition) is 2. The molecule has 0 saturated carbocycles. The molecule has 1 aromatic carbocycles. The molecule has 0 atom stereocenters. The van der Waals surface area contributed by atoms with Gasteiger partial charge in [0.25, 0.3) is 0 Å². The fourth-order valence-corrected chi connectivity index (χ4v) is 1.52. The maximum Gasteiger partial charge on any atom is 0.213 e. The van der Waals surface area contributed by atoms with Crippen molar-refractivity contribution in [3.8, 4) is 17.1 Å². The zero-order valence-corrected chi connectivity index (χ0v) is 9.20. The van der Waals surface area contributed by atoms with Crippen LogP contribution in [-0.2, 0) is 0 Å². The molecule has 0 bridgehead atoms. The monoisotopic (exact) mass is 217 g/mol. The molecule has 0 fully saturated rings. The second-order valence-corrected chi connectivity index (χ2v) is 3.50. The van der Waals surface area contributed by atoms with Crippen molar-refractivity contribution in [2.24, 2.45) is 0 Å². The van der Waals surface area contributed by atoms with Crippen LogP contribution in [0.5, 0.6) is 5.88 Å². The number of rotatable bonds is 2. The first-order valence-corrected chi connectivity index (χ1v) is 4.99. The van der Waals surface area contributed by atoms with Gasteiger partial charge in [0.15, 0.2) is 0 Å².